The molecule has 7 nitrogen and oxygen atoms in total. The van der Waals surface area contributed by atoms with E-state index in [2.05, 4.69) is 5.32 Å². The number of carbonyl (C=O) groups is 4. The van der Waals surface area contributed by atoms with E-state index in [0.29, 0.717) is 23.6 Å². The van der Waals surface area contributed by atoms with Gasteiger partial charge in [0.2, 0.25) is 11.8 Å². The lowest BCUT2D eigenvalue weighted by molar-refractivity contribution is -0.164. The number of rotatable bonds is 7. The molecule has 3 rings (SSSR count). The van der Waals surface area contributed by atoms with Crippen LogP contribution in [0.5, 0.6) is 0 Å². The van der Waals surface area contributed by atoms with Crippen molar-refractivity contribution in [3.8, 4) is 0 Å². The largest absolute Gasteiger partial charge is 0.451 e. The van der Waals surface area contributed by atoms with E-state index < -0.39 is 35.9 Å². The van der Waals surface area contributed by atoms with Crippen LogP contribution in [0.3, 0.4) is 0 Å². The van der Waals surface area contributed by atoms with Gasteiger partial charge in [-0.25, -0.2) is 4.79 Å². The average molecular weight is 481 g/mol. The fraction of sp³-hybridized carbons (Fsp3) is 0.478. The first-order chi connectivity index (χ1) is 15.1. The maximum absolute atomic E-state index is 13.0. The third kappa shape index (κ3) is 5.15. The third-order valence-corrected chi connectivity index (χ3v) is 6.22. The highest BCUT2D eigenvalue weighted by Gasteiger charge is 2.51. The highest BCUT2D eigenvalue weighted by Crippen LogP contribution is 2.37. The maximum Gasteiger partial charge on any atom is 0.330 e. The van der Waals surface area contributed by atoms with Crippen molar-refractivity contribution < 1.29 is 23.9 Å². The van der Waals surface area contributed by atoms with E-state index in [9.17, 15) is 19.2 Å². The molecule has 1 aromatic carbocycles. The second-order valence-electron chi connectivity index (χ2n) is 8.54. The smallest absolute Gasteiger partial charge is 0.330 e. The van der Waals surface area contributed by atoms with Crippen molar-refractivity contribution >= 4 is 52.6 Å². The summed E-state index contributed by atoms with van der Waals surface area (Å²) in [4.78, 5) is 52.6. The number of likely N-dealkylation sites (tertiary alicyclic amines) is 1. The Morgan fingerprint density at radius 2 is 1.69 bits per heavy atom. The SMILES string of the molecule is CC(C)CC(C(=O)OC(C)C(=O)Nc1ccc(Cl)cc1Cl)N1C(=O)C2CC=CCC2C1=O. The molecule has 32 heavy (non-hydrogen) atoms. The molecule has 9 heteroatoms. The number of nitrogens with one attached hydrogen (secondary N) is 1. The van der Waals surface area contributed by atoms with Gasteiger partial charge in [0, 0.05) is 5.02 Å². The van der Waals surface area contributed by atoms with Gasteiger partial charge < -0.3 is 10.1 Å². The fourth-order valence-corrected chi connectivity index (χ4v) is 4.47. The van der Waals surface area contributed by atoms with Crippen molar-refractivity contribution in [3.63, 3.8) is 0 Å². The Morgan fingerprint density at radius 3 is 2.22 bits per heavy atom. The van der Waals surface area contributed by atoms with E-state index >= 15 is 0 Å². The molecular formula is C23H26Cl2N2O5. The highest BCUT2D eigenvalue weighted by molar-refractivity contribution is 6.36. The van der Waals surface area contributed by atoms with E-state index in [-0.39, 0.29) is 29.2 Å². The molecule has 2 aliphatic rings. The van der Waals surface area contributed by atoms with Gasteiger partial charge in [-0.05, 0) is 50.3 Å². The van der Waals surface area contributed by atoms with Crippen molar-refractivity contribution in [2.75, 3.05) is 5.32 Å². The summed E-state index contributed by atoms with van der Waals surface area (Å²) in [7, 11) is 0. The summed E-state index contributed by atoms with van der Waals surface area (Å²) in [6.45, 7) is 5.19. The van der Waals surface area contributed by atoms with Crippen LogP contribution in [0.1, 0.15) is 40.0 Å². The Hall–Kier alpha value is -2.38. The number of amides is 3. The van der Waals surface area contributed by atoms with Gasteiger partial charge in [-0.3, -0.25) is 19.3 Å². The predicted octanol–water partition coefficient (Wildman–Crippen LogP) is 4.23. The molecular weight excluding hydrogens is 455 g/mol. The summed E-state index contributed by atoms with van der Waals surface area (Å²) in [5, 5.41) is 3.25. The molecule has 3 amide bonds. The Kier molecular flexibility index (Phi) is 7.62. The van der Waals surface area contributed by atoms with Crippen LogP contribution in [0, 0.1) is 17.8 Å². The van der Waals surface area contributed by atoms with Crippen LogP contribution in [-0.2, 0) is 23.9 Å². The molecule has 1 aliphatic heterocycles. The zero-order valence-corrected chi connectivity index (χ0v) is 19.7. The maximum atomic E-state index is 13.0. The van der Waals surface area contributed by atoms with Crippen molar-refractivity contribution in [1.82, 2.24) is 4.90 Å². The summed E-state index contributed by atoms with van der Waals surface area (Å²) >= 11 is 11.9. The molecule has 1 aliphatic carbocycles. The Labute approximate surface area is 197 Å². The van der Waals surface area contributed by atoms with Crippen molar-refractivity contribution in [2.45, 2.75) is 52.2 Å². The van der Waals surface area contributed by atoms with E-state index in [4.69, 9.17) is 27.9 Å². The lowest BCUT2D eigenvalue weighted by Gasteiger charge is -2.27. The zero-order valence-electron chi connectivity index (χ0n) is 18.1. The Balaban J connectivity index is 1.72. The van der Waals surface area contributed by atoms with Crippen LogP contribution in [-0.4, -0.2) is 40.7 Å². The summed E-state index contributed by atoms with van der Waals surface area (Å²) < 4.78 is 5.39. The number of hydrogen-bond donors (Lipinski definition) is 1. The van der Waals surface area contributed by atoms with Gasteiger partial charge in [0.1, 0.15) is 6.04 Å². The average Bonchev–Trinajstić information content (AvgIpc) is 2.98. The number of nitrogens with zero attached hydrogens (tertiary/aromatic N) is 1. The van der Waals surface area contributed by atoms with E-state index in [1.54, 1.807) is 6.07 Å². The molecule has 1 heterocycles. The third-order valence-electron chi connectivity index (χ3n) is 5.67. The normalized spacial score (nSPS) is 22.0. The second-order valence-corrected chi connectivity index (χ2v) is 9.38. The number of imide groups is 1. The van der Waals surface area contributed by atoms with Crippen molar-refractivity contribution in [3.05, 3.63) is 40.4 Å². The lowest BCUT2D eigenvalue weighted by atomic mass is 9.85. The topological polar surface area (TPSA) is 92.8 Å². The molecule has 0 radical (unpaired) electrons. The quantitative estimate of drug-likeness (QED) is 0.358. The van der Waals surface area contributed by atoms with Gasteiger partial charge in [-0.2, -0.15) is 0 Å². The molecule has 0 bridgehead atoms. The van der Waals surface area contributed by atoms with Gasteiger partial charge >= 0.3 is 5.97 Å². The molecule has 1 fully saturated rings. The fourth-order valence-electron chi connectivity index (χ4n) is 4.02. The monoisotopic (exact) mass is 480 g/mol. The van der Waals surface area contributed by atoms with Crippen LogP contribution in [0.25, 0.3) is 0 Å². The number of benzene rings is 1. The number of hydrogen-bond acceptors (Lipinski definition) is 5. The number of carbonyl (C=O) groups excluding carboxylic acids is 4. The Bertz CT molecular complexity index is 936. The first kappa shape index (κ1) is 24.3. The Morgan fingerprint density at radius 1 is 1.09 bits per heavy atom. The number of anilines is 1. The van der Waals surface area contributed by atoms with Gasteiger partial charge in [-0.1, -0.05) is 49.2 Å². The van der Waals surface area contributed by atoms with Gasteiger partial charge in [0.15, 0.2) is 6.10 Å². The summed E-state index contributed by atoms with van der Waals surface area (Å²) in [5.41, 5.74) is 0.323. The number of ether oxygens (including phenoxy) is 1. The molecule has 1 aromatic rings. The predicted molar refractivity (Wildman–Crippen MR) is 121 cm³/mol. The van der Waals surface area contributed by atoms with Crippen LogP contribution >= 0.6 is 23.2 Å². The first-order valence-electron chi connectivity index (χ1n) is 10.6. The molecule has 1 N–H and O–H groups in total. The minimum absolute atomic E-state index is 0.0194. The second kappa shape index (κ2) is 10.0. The number of halogens is 2. The molecule has 0 saturated carbocycles. The minimum atomic E-state index is -1.17. The summed E-state index contributed by atoms with van der Waals surface area (Å²) in [5.74, 6) is -2.94. The van der Waals surface area contributed by atoms with Crippen LogP contribution in [0.4, 0.5) is 5.69 Å². The van der Waals surface area contributed by atoms with Gasteiger partial charge in [0.25, 0.3) is 5.91 Å². The molecule has 1 saturated heterocycles. The standard InChI is InChI=1S/C23H26Cl2N2O5/c1-12(2)10-19(27-21(29)15-6-4-5-7-16(15)22(27)30)23(31)32-13(3)20(28)26-18-9-8-14(24)11-17(18)25/h4-5,8-9,11-13,15-16,19H,6-7,10H2,1-3H3,(H,26,28). The first-order valence-corrected chi connectivity index (χ1v) is 11.3. The summed E-state index contributed by atoms with van der Waals surface area (Å²) in [6, 6.07) is 3.51. The minimum Gasteiger partial charge on any atom is -0.451 e. The van der Waals surface area contributed by atoms with E-state index in [1.165, 1.54) is 19.1 Å². The molecule has 0 aromatic heterocycles. The molecule has 0 spiro atoms. The summed E-state index contributed by atoms with van der Waals surface area (Å²) in [6.07, 6.45) is 3.83. The zero-order chi connectivity index (χ0) is 23.6. The van der Waals surface area contributed by atoms with Crippen LogP contribution in [0.15, 0.2) is 30.4 Å². The van der Waals surface area contributed by atoms with E-state index in [1.807, 2.05) is 26.0 Å². The van der Waals surface area contributed by atoms with Crippen LogP contribution < -0.4 is 5.32 Å². The van der Waals surface area contributed by atoms with Crippen molar-refractivity contribution in [1.29, 1.82) is 0 Å². The number of fused-ring (bicyclic) bond motifs is 1. The molecule has 4 unspecified atom stereocenters. The van der Waals surface area contributed by atoms with Crippen LogP contribution in [0.2, 0.25) is 10.0 Å². The van der Waals surface area contributed by atoms with Gasteiger partial charge in [-0.15, -0.1) is 0 Å². The van der Waals surface area contributed by atoms with E-state index in [0.717, 1.165) is 4.90 Å². The lowest BCUT2D eigenvalue weighted by Crippen LogP contribution is -2.48. The van der Waals surface area contributed by atoms with Crippen molar-refractivity contribution in [2.24, 2.45) is 17.8 Å². The highest BCUT2D eigenvalue weighted by atomic mass is 35.5. The number of esters is 1. The van der Waals surface area contributed by atoms with Gasteiger partial charge in [0.05, 0.1) is 22.5 Å². The molecule has 4 atom stereocenters. The molecule has 172 valence electrons. The number of allylic oxidation sites excluding steroid dienone is 2.